The zero-order valence-electron chi connectivity index (χ0n) is 11.0. The van der Waals surface area contributed by atoms with E-state index < -0.39 is 5.97 Å². The molecule has 0 saturated carbocycles. The first kappa shape index (κ1) is 13.7. The first-order valence-corrected chi connectivity index (χ1v) is 6.41. The van der Waals surface area contributed by atoms with E-state index in [1.165, 1.54) is 0 Å². The Hall–Kier alpha value is -1.75. The monoisotopic (exact) mass is 265 g/mol. The second kappa shape index (κ2) is 6.43. The van der Waals surface area contributed by atoms with E-state index in [2.05, 4.69) is 4.90 Å². The molecule has 5 nitrogen and oxygen atoms in total. The third-order valence-electron chi connectivity index (χ3n) is 3.36. The van der Waals surface area contributed by atoms with Crippen LogP contribution in [0.1, 0.15) is 6.42 Å². The predicted molar refractivity (Wildman–Crippen MR) is 70.7 cm³/mol. The van der Waals surface area contributed by atoms with Crippen molar-refractivity contribution in [1.29, 1.82) is 0 Å². The van der Waals surface area contributed by atoms with E-state index in [4.69, 9.17) is 14.6 Å². The molecule has 1 fully saturated rings. The van der Waals surface area contributed by atoms with Gasteiger partial charge in [-0.1, -0.05) is 0 Å². The zero-order chi connectivity index (χ0) is 13.7. The average molecular weight is 265 g/mol. The van der Waals surface area contributed by atoms with Gasteiger partial charge in [0.2, 0.25) is 0 Å². The third kappa shape index (κ3) is 3.86. The number of benzene rings is 1. The summed E-state index contributed by atoms with van der Waals surface area (Å²) in [5.41, 5.74) is 0. The largest absolute Gasteiger partial charge is 0.497 e. The number of hydrogen-bond donors (Lipinski definition) is 1. The fraction of sp³-hybridized carbons (Fsp3) is 0.500. The molecule has 0 radical (unpaired) electrons. The van der Waals surface area contributed by atoms with Crippen LogP contribution in [0.3, 0.4) is 0 Å². The molecule has 0 spiro atoms. The van der Waals surface area contributed by atoms with Crippen molar-refractivity contribution in [3.8, 4) is 11.5 Å². The molecule has 1 aromatic rings. The van der Waals surface area contributed by atoms with Gasteiger partial charge in [0.1, 0.15) is 18.1 Å². The zero-order valence-corrected chi connectivity index (χ0v) is 11.0. The number of aliphatic carboxylic acids is 1. The summed E-state index contributed by atoms with van der Waals surface area (Å²) in [4.78, 5) is 13.0. The van der Waals surface area contributed by atoms with Crippen LogP contribution >= 0.6 is 0 Å². The van der Waals surface area contributed by atoms with E-state index in [1.807, 2.05) is 24.3 Å². The third-order valence-corrected chi connectivity index (χ3v) is 3.36. The van der Waals surface area contributed by atoms with Crippen LogP contribution in [0, 0.1) is 5.92 Å². The van der Waals surface area contributed by atoms with Crippen molar-refractivity contribution < 1.29 is 19.4 Å². The molecule has 0 aromatic heterocycles. The lowest BCUT2D eigenvalue weighted by molar-refractivity contribution is -0.141. The Morgan fingerprint density at radius 2 is 2.05 bits per heavy atom. The lowest BCUT2D eigenvalue weighted by Crippen LogP contribution is -2.27. The summed E-state index contributed by atoms with van der Waals surface area (Å²) < 4.78 is 10.7. The summed E-state index contributed by atoms with van der Waals surface area (Å²) in [7, 11) is 1.63. The van der Waals surface area contributed by atoms with Gasteiger partial charge in [-0.2, -0.15) is 0 Å². The summed E-state index contributed by atoms with van der Waals surface area (Å²) in [6.07, 6.45) is 0.734. The summed E-state index contributed by atoms with van der Waals surface area (Å²) >= 11 is 0. The van der Waals surface area contributed by atoms with Crippen molar-refractivity contribution >= 4 is 5.97 Å². The highest BCUT2D eigenvalue weighted by Crippen LogP contribution is 2.18. The quantitative estimate of drug-likeness (QED) is 0.844. The molecule has 1 heterocycles. The van der Waals surface area contributed by atoms with Crippen LogP contribution in [0.5, 0.6) is 11.5 Å². The fourth-order valence-corrected chi connectivity index (χ4v) is 2.20. The molecule has 1 saturated heterocycles. The van der Waals surface area contributed by atoms with Gasteiger partial charge < -0.3 is 14.6 Å². The highest BCUT2D eigenvalue weighted by Gasteiger charge is 2.27. The maximum atomic E-state index is 10.8. The molecule has 1 N–H and O–H groups in total. The Balaban J connectivity index is 1.70. The molecule has 0 aliphatic carbocycles. The van der Waals surface area contributed by atoms with Gasteiger partial charge in [-0.15, -0.1) is 0 Å². The topological polar surface area (TPSA) is 59.0 Å². The molecule has 0 amide bonds. The van der Waals surface area contributed by atoms with E-state index in [1.54, 1.807) is 7.11 Å². The van der Waals surface area contributed by atoms with E-state index in [0.29, 0.717) is 13.2 Å². The minimum atomic E-state index is -0.696. The maximum Gasteiger partial charge on any atom is 0.307 e. The van der Waals surface area contributed by atoms with E-state index in [-0.39, 0.29) is 5.92 Å². The Morgan fingerprint density at radius 1 is 1.37 bits per heavy atom. The normalized spacial score (nSPS) is 19.3. The standard InChI is InChI=1S/C14H19NO4/c1-18-12-2-4-13(5-3-12)19-9-8-15-7-6-11(10-15)14(16)17/h2-5,11H,6-10H2,1H3,(H,16,17). The number of carboxylic acid groups (broad SMARTS) is 1. The van der Waals surface area contributed by atoms with Crippen LogP contribution in [-0.2, 0) is 4.79 Å². The van der Waals surface area contributed by atoms with Crippen LogP contribution in [0.4, 0.5) is 0 Å². The second-order valence-electron chi connectivity index (χ2n) is 4.65. The van der Waals surface area contributed by atoms with Gasteiger partial charge in [0.25, 0.3) is 0 Å². The summed E-state index contributed by atoms with van der Waals surface area (Å²) in [5.74, 6) is 0.686. The molecule has 19 heavy (non-hydrogen) atoms. The molecule has 1 atom stereocenters. The van der Waals surface area contributed by atoms with Crippen molar-refractivity contribution in [3.05, 3.63) is 24.3 Å². The lowest BCUT2D eigenvalue weighted by Gasteiger charge is -2.15. The van der Waals surface area contributed by atoms with Crippen molar-refractivity contribution in [1.82, 2.24) is 4.90 Å². The summed E-state index contributed by atoms with van der Waals surface area (Å²) in [6, 6.07) is 7.43. The molecule has 1 aliphatic rings. The van der Waals surface area contributed by atoms with Gasteiger partial charge >= 0.3 is 5.97 Å². The molecule has 1 unspecified atom stereocenters. The van der Waals surface area contributed by atoms with Crippen LogP contribution in [0.15, 0.2) is 24.3 Å². The molecule has 2 rings (SSSR count). The molecular weight excluding hydrogens is 246 g/mol. The van der Waals surface area contributed by atoms with Crippen LogP contribution in [-0.4, -0.2) is 49.3 Å². The molecule has 1 aromatic carbocycles. The molecular formula is C14H19NO4. The minimum absolute atomic E-state index is 0.221. The number of nitrogens with zero attached hydrogens (tertiary/aromatic N) is 1. The summed E-state index contributed by atoms with van der Waals surface area (Å²) in [5, 5.41) is 8.91. The number of carboxylic acids is 1. The number of methoxy groups -OCH3 is 1. The first-order chi connectivity index (χ1) is 9.19. The van der Waals surface area contributed by atoms with Gasteiger partial charge in [-0.3, -0.25) is 9.69 Å². The highest BCUT2D eigenvalue weighted by molar-refractivity contribution is 5.70. The van der Waals surface area contributed by atoms with E-state index >= 15 is 0 Å². The van der Waals surface area contributed by atoms with Gasteiger partial charge in [0, 0.05) is 13.1 Å². The highest BCUT2D eigenvalue weighted by atomic mass is 16.5. The Morgan fingerprint density at radius 3 is 2.63 bits per heavy atom. The number of ether oxygens (including phenoxy) is 2. The average Bonchev–Trinajstić information content (AvgIpc) is 2.89. The van der Waals surface area contributed by atoms with Gasteiger partial charge in [-0.05, 0) is 37.2 Å². The first-order valence-electron chi connectivity index (χ1n) is 6.41. The second-order valence-corrected chi connectivity index (χ2v) is 4.65. The number of hydrogen-bond acceptors (Lipinski definition) is 4. The Kier molecular flexibility index (Phi) is 4.63. The maximum absolute atomic E-state index is 10.8. The van der Waals surface area contributed by atoms with E-state index in [9.17, 15) is 4.79 Å². The van der Waals surface area contributed by atoms with Crippen molar-refractivity contribution in [2.24, 2.45) is 5.92 Å². The molecule has 0 bridgehead atoms. The fourth-order valence-electron chi connectivity index (χ4n) is 2.20. The summed E-state index contributed by atoms with van der Waals surface area (Å²) in [6.45, 7) is 2.79. The van der Waals surface area contributed by atoms with E-state index in [0.717, 1.165) is 31.0 Å². The molecule has 5 heteroatoms. The number of rotatable bonds is 6. The number of carbonyl (C=O) groups is 1. The van der Waals surface area contributed by atoms with Gasteiger partial charge in [0.05, 0.1) is 13.0 Å². The van der Waals surface area contributed by atoms with Gasteiger partial charge in [0.15, 0.2) is 0 Å². The van der Waals surface area contributed by atoms with Crippen LogP contribution in [0.2, 0.25) is 0 Å². The Labute approximate surface area is 112 Å². The van der Waals surface area contributed by atoms with Gasteiger partial charge in [-0.25, -0.2) is 0 Å². The van der Waals surface area contributed by atoms with Crippen molar-refractivity contribution in [3.63, 3.8) is 0 Å². The predicted octanol–water partition coefficient (Wildman–Crippen LogP) is 1.48. The van der Waals surface area contributed by atoms with Crippen molar-refractivity contribution in [2.45, 2.75) is 6.42 Å². The van der Waals surface area contributed by atoms with Crippen LogP contribution in [0.25, 0.3) is 0 Å². The Bertz CT molecular complexity index is 418. The minimum Gasteiger partial charge on any atom is -0.497 e. The van der Waals surface area contributed by atoms with Crippen molar-refractivity contribution in [2.75, 3.05) is 33.4 Å². The number of likely N-dealkylation sites (tertiary alicyclic amines) is 1. The molecule has 1 aliphatic heterocycles. The SMILES string of the molecule is COc1ccc(OCCN2CCC(C(=O)O)C2)cc1. The lowest BCUT2D eigenvalue weighted by atomic mass is 10.1. The smallest absolute Gasteiger partial charge is 0.307 e. The van der Waals surface area contributed by atoms with Crippen LogP contribution < -0.4 is 9.47 Å². The molecule has 104 valence electrons.